The van der Waals surface area contributed by atoms with Crippen LogP contribution in [-0.2, 0) is 17.1 Å². The molecule has 0 saturated heterocycles. The van der Waals surface area contributed by atoms with Gasteiger partial charge in [-0.15, -0.1) is 24.9 Å². The van der Waals surface area contributed by atoms with E-state index in [0.717, 1.165) is 11.1 Å². The maximum Gasteiger partial charge on any atom is 0.573 e. The first kappa shape index (κ1) is 19.2. The van der Waals surface area contributed by atoms with Crippen LogP contribution in [0.5, 0.6) is 5.75 Å². The minimum absolute atomic E-state index is 0.0178. The van der Waals surface area contributed by atoms with Gasteiger partial charge < -0.3 is 10.1 Å². The van der Waals surface area contributed by atoms with Crippen molar-refractivity contribution in [3.8, 4) is 5.75 Å². The Morgan fingerprint density at radius 1 is 1.16 bits per heavy atom. The first-order valence-electron chi connectivity index (χ1n) is 7.57. The molecule has 7 heteroatoms. The smallest absolute Gasteiger partial charge is 0.405 e. The Hall–Kier alpha value is -2.15. The predicted octanol–water partition coefficient (Wildman–Crippen LogP) is 4.44. The molecule has 0 aliphatic heterocycles. The van der Waals surface area contributed by atoms with Crippen molar-refractivity contribution in [3.05, 3.63) is 65.2 Å². The average molecular weight is 369 g/mol. The molecule has 0 aromatic heterocycles. The molecule has 0 spiro atoms. The fraction of sp³-hybridized carbons (Fsp3) is 0.278. The van der Waals surface area contributed by atoms with Crippen LogP contribution in [0.3, 0.4) is 0 Å². The molecule has 0 aliphatic rings. The lowest BCUT2D eigenvalue weighted by Gasteiger charge is -2.13. The number of benzene rings is 2. The summed E-state index contributed by atoms with van der Waals surface area (Å²) in [6, 6.07) is 13.8. The minimum Gasteiger partial charge on any atom is -0.405 e. The summed E-state index contributed by atoms with van der Waals surface area (Å²) < 4.78 is 41.0. The summed E-state index contributed by atoms with van der Waals surface area (Å²) in [6.45, 7) is 1.98. The van der Waals surface area contributed by atoms with Gasteiger partial charge in [0.05, 0.1) is 5.75 Å². The number of carbonyl (C=O) groups excluding carboxylic acids is 1. The zero-order chi connectivity index (χ0) is 18.3. The Balaban J connectivity index is 1.80. The average Bonchev–Trinajstić information content (AvgIpc) is 2.53. The van der Waals surface area contributed by atoms with Crippen molar-refractivity contribution in [2.24, 2.45) is 0 Å². The number of halogens is 3. The highest BCUT2D eigenvalue weighted by Gasteiger charge is 2.31. The molecule has 2 aromatic rings. The van der Waals surface area contributed by atoms with Gasteiger partial charge in [0.15, 0.2) is 0 Å². The molecule has 0 fully saturated rings. The van der Waals surface area contributed by atoms with Crippen LogP contribution in [-0.4, -0.2) is 18.0 Å². The van der Waals surface area contributed by atoms with Gasteiger partial charge in [0.2, 0.25) is 5.91 Å². The summed E-state index contributed by atoms with van der Waals surface area (Å²) in [5, 5.41) is 2.62. The molecule has 0 bridgehead atoms. The van der Waals surface area contributed by atoms with Crippen LogP contribution in [0, 0.1) is 6.92 Å². The number of hydrogen-bond donors (Lipinski definition) is 1. The zero-order valence-electron chi connectivity index (χ0n) is 13.6. The summed E-state index contributed by atoms with van der Waals surface area (Å²) in [5.74, 6) is 0.390. The molecule has 1 amide bonds. The fourth-order valence-corrected chi connectivity index (χ4v) is 2.99. The molecule has 0 saturated carbocycles. The SMILES string of the molecule is Cc1cccc(CSCC(=O)NCc2ccccc2OC(F)(F)F)c1. The number of amides is 1. The lowest BCUT2D eigenvalue weighted by molar-refractivity contribution is -0.274. The summed E-state index contributed by atoms with van der Waals surface area (Å²) >= 11 is 1.45. The highest BCUT2D eigenvalue weighted by atomic mass is 32.2. The predicted molar refractivity (Wildman–Crippen MR) is 92.3 cm³/mol. The van der Waals surface area contributed by atoms with Crippen molar-refractivity contribution < 1.29 is 22.7 Å². The van der Waals surface area contributed by atoms with E-state index in [2.05, 4.69) is 16.1 Å². The van der Waals surface area contributed by atoms with Crippen LogP contribution < -0.4 is 10.1 Å². The third-order valence-corrected chi connectivity index (χ3v) is 4.26. The van der Waals surface area contributed by atoms with E-state index < -0.39 is 6.36 Å². The number of rotatable bonds is 7. The number of carbonyl (C=O) groups is 1. The first-order chi connectivity index (χ1) is 11.8. The molecule has 2 aromatic carbocycles. The number of hydrogen-bond acceptors (Lipinski definition) is 3. The summed E-state index contributed by atoms with van der Waals surface area (Å²) in [6.07, 6.45) is -4.76. The minimum atomic E-state index is -4.76. The van der Waals surface area contributed by atoms with E-state index in [9.17, 15) is 18.0 Å². The van der Waals surface area contributed by atoms with Crippen LogP contribution in [0.1, 0.15) is 16.7 Å². The highest BCUT2D eigenvalue weighted by molar-refractivity contribution is 7.99. The lowest BCUT2D eigenvalue weighted by atomic mass is 10.2. The topological polar surface area (TPSA) is 38.3 Å². The normalized spacial score (nSPS) is 11.2. The molecule has 25 heavy (non-hydrogen) atoms. The van der Waals surface area contributed by atoms with Crippen molar-refractivity contribution in [3.63, 3.8) is 0 Å². The maximum absolute atomic E-state index is 12.4. The Bertz CT molecular complexity index is 719. The van der Waals surface area contributed by atoms with Gasteiger partial charge in [-0.3, -0.25) is 4.79 Å². The van der Waals surface area contributed by atoms with E-state index in [4.69, 9.17) is 0 Å². The molecule has 134 valence electrons. The van der Waals surface area contributed by atoms with Gasteiger partial charge in [-0.2, -0.15) is 0 Å². The van der Waals surface area contributed by atoms with E-state index in [1.54, 1.807) is 6.07 Å². The molecule has 0 aliphatic carbocycles. The highest BCUT2D eigenvalue weighted by Crippen LogP contribution is 2.26. The molecular formula is C18H18F3NO2S. The largest absolute Gasteiger partial charge is 0.573 e. The van der Waals surface area contributed by atoms with Gasteiger partial charge in [-0.05, 0) is 18.6 Å². The number of para-hydroxylation sites is 1. The van der Waals surface area contributed by atoms with Gasteiger partial charge in [0.25, 0.3) is 0 Å². The van der Waals surface area contributed by atoms with E-state index in [1.165, 1.54) is 30.0 Å². The van der Waals surface area contributed by atoms with Gasteiger partial charge in [-0.25, -0.2) is 0 Å². The lowest BCUT2D eigenvalue weighted by Crippen LogP contribution is -2.25. The van der Waals surface area contributed by atoms with Gasteiger partial charge in [-0.1, -0.05) is 48.0 Å². The quantitative estimate of drug-likeness (QED) is 0.784. The van der Waals surface area contributed by atoms with Crippen molar-refractivity contribution in [1.82, 2.24) is 5.32 Å². The van der Waals surface area contributed by atoms with Crippen LogP contribution >= 0.6 is 11.8 Å². The molecule has 0 radical (unpaired) electrons. The molecule has 0 unspecified atom stereocenters. The van der Waals surface area contributed by atoms with E-state index >= 15 is 0 Å². The standard InChI is InChI=1S/C18H18F3NO2S/c1-13-5-4-6-14(9-13)11-25-12-17(23)22-10-15-7-2-3-8-16(15)24-18(19,20)21/h2-9H,10-12H2,1H3,(H,22,23). The Kier molecular flexibility index (Phi) is 6.75. The van der Waals surface area contributed by atoms with E-state index in [-0.39, 0.29) is 29.5 Å². The van der Waals surface area contributed by atoms with E-state index in [0.29, 0.717) is 5.75 Å². The van der Waals surface area contributed by atoms with Crippen molar-refractivity contribution in [2.45, 2.75) is 25.6 Å². The summed E-state index contributed by atoms with van der Waals surface area (Å²) in [5.41, 5.74) is 2.56. The number of aryl methyl sites for hydroxylation is 1. The summed E-state index contributed by atoms with van der Waals surface area (Å²) in [7, 11) is 0. The second kappa shape index (κ2) is 8.80. The molecular weight excluding hydrogens is 351 g/mol. The van der Waals surface area contributed by atoms with Gasteiger partial charge in [0, 0.05) is 17.9 Å². The second-order valence-corrected chi connectivity index (χ2v) is 6.40. The molecule has 0 heterocycles. The van der Waals surface area contributed by atoms with Crippen molar-refractivity contribution >= 4 is 17.7 Å². The van der Waals surface area contributed by atoms with Crippen LogP contribution in [0.15, 0.2) is 48.5 Å². The van der Waals surface area contributed by atoms with Crippen molar-refractivity contribution in [1.29, 1.82) is 0 Å². The summed E-state index contributed by atoms with van der Waals surface area (Å²) in [4.78, 5) is 11.9. The third-order valence-electron chi connectivity index (χ3n) is 3.26. The zero-order valence-corrected chi connectivity index (χ0v) is 14.4. The van der Waals surface area contributed by atoms with Crippen LogP contribution in [0.2, 0.25) is 0 Å². The number of thioether (sulfide) groups is 1. The van der Waals surface area contributed by atoms with Gasteiger partial charge in [0.1, 0.15) is 5.75 Å². The first-order valence-corrected chi connectivity index (χ1v) is 8.72. The van der Waals surface area contributed by atoms with Gasteiger partial charge >= 0.3 is 6.36 Å². The molecule has 1 N–H and O–H groups in total. The monoisotopic (exact) mass is 369 g/mol. The van der Waals surface area contributed by atoms with Crippen LogP contribution in [0.4, 0.5) is 13.2 Å². The van der Waals surface area contributed by atoms with E-state index in [1.807, 2.05) is 25.1 Å². The van der Waals surface area contributed by atoms with Crippen LogP contribution in [0.25, 0.3) is 0 Å². The second-order valence-electron chi connectivity index (χ2n) is 5.41. The molecule has 2 rings (SSSR count). The third kappa shape index (κ3) is 7.09. The van der Waals surface area contributed by atoms with Crippen molar-refractivity contribution in [2.75, 3.05) is 5.75 Å². The maximum atomic E-state index is 12.4. The number of alkyl halides is 3. The molecule has 0 atom stereocenters. The fourth-order valence-electron chi connectivity index (χ4n) is 2.18. The Labute approximate surface area is 148 Å². The Morgan fingerprint density at radius 3 is 2.64 bits per heavy atom. The molecule has 3 nitrogen and oxygen atoms in total. The number of nitrogens with one attached hydrogen (secondary N) is 1. The number of ether oxygens (including phenoxy) is 1. The Morgan fingerprint density at radius 2 is 1.92 bits per heavy atom.